The maximum Gasteiger partial charge on any atom is 0.410 e. The highest BCUT2D eigenvalue weighted by Gasteiger charge is 2.28. The van der Waals surface area contributed by atoms with Crippen LogP contribution in [-0.2, 0) is 22.6 Å². The molecule has 2 aliphatic rings. The molecular weight excluding hydrogens is 568 g/mol. The average Bonchev–Trinajstić information content (AvgIpc) is 3.31. The number of ketones is 1. The van der Waals surface area contributed by atoms with Gasteiger partial charge >= 0.3 is 6.09 Å². The highest BCUT2D eigenvalue weighted by atomic mass is 35.5. The second-order valence-corrected chi connectivity index (χ2v) is 19.7. The Morgan fingerprint density at radius 1 is 1.12 bits per heavy atom. The van der Waals surface area contributed by atoms with Crippen LogP contribution in [0.5, 0.6) is 0 Å². The van der Waals surface area contributed by atoms with Crippen molar-refractivity contribution in [1.29, 1.82) is 0 Å². The Kier molecular flexibility index (Phi) is 10.7. The van der Waals surface area contributed by atoms with Crippen LogP contribution >= 0.6 is 11.6 Å². The van der Waals surface area contributed by atoms with Gasteiger partial charge in [-0.3, -0.25) is 4.79 Å². The van der Waals surface area contributed by atoms with Crippen LogP contribution in [0.3, 0.4) is 0 Å². The van der Waals surface area contributed by atoms with E-state index in [4.69, 9.17) is 21.1 Å². The number of allylic oxidation sites excluding steroid dienone is 2. The third-order valence-electron chi connectivity index (χ3n) is 7.83. The summed E-state index contributed by atoms with van der Waals surface area (Å²) < 4.78 is 12.8. The van der Waals surface area contributed by atoms with Gasteiger partial charge in [0.15, 0.2) is 0 Å². The molecule has 0 N–H and O–H groups in total. The number of Topliss-reactive ketones (excluding diaryl/α,β-unsaturated/α-hetero) is 1. The predicted molar refractivity (Wildman–Crippen MR) is 170 cm³/mol. The average molecular weight is 615 g/mol. The number of carbonyl (C=O) groups excluding carboxylic acids is 2. The summed E-state index contributed by atoms with van der Waals surface area (Å²) in [5.74, 6) is 0.318. The zero-order chi connectivity index (χ0) is 30.5. The molecule has 0 unspecified atom stereocenters. The second kappa shape index (κ2) is 13.9. The number of nitrogens with zero attached hydrogens (tertiary/aromatic N) is 4. The number of hydrogen-bond acceptors (Lipinski definition) is 6. The first-order valence-corrected chi connectivity index (χ1v) is 19.4. The van der Waals surface area contributed by atoms with Crippen molar-refractivity contribution in [3.63, 3.8) is 0 Å². The molecule has 2 aromatic rings. The van der Waals surface area contributed by atoms with Crippen molar-refractivity contribution in [3.8, 4) is 0 Å². The molecule has 1 saturated heterocycles. The van der Waals surface area contributed by atoms with Crippen molar-refractivity contribution in [3.05, 3.63) is 52.1 Å². The Morgan fingerprint density at radius 2 is 1.86 bits per heavy atom. The zero-order valence-electron chi connectivity index (χ0n) is 26.2. The lowest BCUT2D eigenvalue weighted by Gasteiger charge is -2.34. The van der Waals surface area contributed by atoms with Crippen molar-refractivity contribution in [1.82, 2.24) is 19.7 Å². The molecule has 4 rings (SSSR count). The van der Waals surface area contributed by atoms with E-state index >= 15 is 0 Å². The van der Waals surface area contributed by atoms with Crippen molar-refractivity contribution >= 4 is 37.1 Å². The molecule has 1 aromatic carbocycles. The molecule has 230 valence electrons. The van der Waals surface area contributed by atoms with Crippen LogP contribution in [0.15, 0.2) is 24.3 Å². The summed E-state index contributed by atoms with van der Waals surface area (Å²) in [6, 6.07) is 7.56. The van der Waals surface area contributed by atoms with E-state index in [0.29, 0.717) is 25.6 Å². The summed E-state index contributed by atoms with van der Waals surface area (Å²) in [6.07, 6.45) is 8.47. The maximum absolute atomic E-state index is 13.4. The van der Waals surface area contributed by atoms with Crippen molar-refractivity contribution in [2.75, 3.05) is 19.7 Å². The molecule has 2 heterocycles. The quantitative estimate of drug-likeness (QED) is 0.155. The first-order chi connectivity index (χ1) is 19.8. The van der Waals surface area contributed by atoms with E-state index in [1.54, 1.807) is 0 Å². The van der Waals surface area contributed by atoms with Gasteiger partial charge in [-0.25, -0.2) is 9.48 Å². The lowest BCUT2D eigenvalue weighted by molar-refractivity contribution is 0.0204. The van der Waals surface area contributed by atoms with Crippen LogP contribution in [0, 0.1) is 0 Å². The van der Waals surface area contributed by atoms with E-state index in [-0.39, 0.29) is 36.1 Å². The fourth-order valence-corrected chi connectivity index (χ4v) is 6.33. The monoisotopic (exact) mass is 614 g/mol. The van der Waals surface area contributed by atoms with Gasteiger partial charge < -0.3 is 14.4 Å². The molecule has 0 saturated carbocycles. The second-order valence-electron chi connectivity index (χ2n) is 13.8. The molecule has 8 nitrogen and oxygen atoms in total. The van der Waals surface area contributed by atoms with E-state index in [0.717, 1.165) is 49.3 Å². The number of rotatable bonds is 10. The Labute approximate surface area is 256 Å². The van der Waals surface area contributed by atoms with Gasteiger partial charge in [0.05, 0.1) is 0 Å². The van der Waals surface area contributed by atoms with E-state index in [2.05, 4.69) is 54.0 Å². The van der Waals surface area contributed by atoms with Gasteiger partial charge in [-0.2, -0.15) is 4.98 Å². The van der Waals surface area contributed by atoms with Gasteiger partial charge in [-0.15, -0.1) is 5.10 Å². The summed E-state index contributed by atoms with van der Waals surface area (Å²) in [5, 5.41) is 4.53. The Balaban J connectivity index is 1.45. The smallest absolute Gasteiger partial charge is 0.410 e. The van der Waals surface area contributed by atoms with Gasteiger partial charge in [0, 0.05) is 34.2 Å². The molecular formula is C32H47ClN4O4Si. The van der Waals surface area contributed by atoms with Crippen LogP contribution in [0.1, 0.15) is 92.5 Å². The van der Waals surface area contributed by atoms with Gasteiger partial charge in [0.25, 0.3) is 0 Å². The summed E-state index contributed by atoms with van der Waals surface area (Å²) in [5.41, 5.74) is 4.21. The molecule has 0 atom stereocenters. The standard InChI is InChI=1S/C32H47ClN4O4Si/c1-32(2,3)41-31(39)36-16-14-23(15-17-36)25-12-13-26(27(20-25)24-10-8-7-9-11-24)21-28(38)29-34-30(33)37(35-29)22-40-18-19-42(4,5)6/h10,12-13,20,23H,7-9,11,14-19,21-22H2,1-6H3. The van der Waals surface area contributed by atoms with Gasteiger partial charge in [-0.05, 0) is 105 Å². The van der Waals surface area contributed by atoms with Crippen molar-refractivity contribution in [2.45, 2.75) is 110 Å². The number of halogens is 1. The number of ether oxygens (including phenoxy) is 2. The number of piperidine rings is 1. The third kappa shape index (κ3) is 9.25. The molecule has 1 aliphatic heterocycles. The number of aromatic nitrogens is 3. The molecule has 0 spiro atoms. The highest BCUT2D eigenvalue weighted by Crippen LogP contribution is 2.35. The minimum absolute atomic E-state index is 0.121. The number of benzene rings is 1. The van der Waals surface area contributed by atoms with Crippen LogP contribution < -0.4 is 0 Å². The van der Waals surface area contributed by atoms with Gasteiger partial charge in [0.1, 0.15) is 12.3 Å². The molecule has 0 bridgehead atoms. The Morgan fingerprint density at radius 3 is 2.50 bits per heavy atom. The van der Waals surface area contributed by atoms with Crippen LogP contribution in [0.25, 0.3) is 5.57 Å². The fraction of sp³-hybridized carbons (Fsp3) is 0.625. The van der Waals surface area contributed by atoms with Crippen molar-refractivity contribution in [2.24, 2.45) is 0 Å². The number of carbonyl (C=O) groups is 2. The number of likely N-dealkylation sites (tertiary alicyclic amines) is 1. The lowest BCUT2D eigenvalue weighted by Crippen LogP contribution is -2.41. The van der Waals surface area contributed by atoms with E-state index in [1.807, 2.05) is 25.7 Å². The zero-order valence-corrected chi connectivity index (χ0v) is 27.9. The lowest BCUT2D eigenvalue weighted by atomic mass is 9.83. The fourth-order valence-electron chi connectivity index (χ4n) is 5.41. The minimum Gasteiger partial charge on any atom is -0.444 e. The molecule has 1 aromatic heterocycles. The Hall–Kier alpha value is -2.49. The first-order valence-electron chi connectivity index (χ1n) is 15.3. The maximum atomic E-state index is 13.4. The number of hydrogen-bond donors (Lipinski definition) is 0. The molecule has 42 heavy (non-hydrogen) atoms. The predicted octanol–water partition coefficient (Wildman–Crippen LogP) is 7.74. The summed E-state index contributed by atoms with van der Waals surface area (Å²) in [6.45, 7) is 14.8. The van der Waals surface area contributed by atoms with E-state index in [9.17, 15) is 9.59 Å². The summed E-state index contributed by atoms with van der Waals surface area (Å²) in [4.78, 5) is 32.0. The summed E-state index contributed by atoms with van der Waals surface area (Å²) in [7, 11) is -1.20. The molecule has 10 heteroatoms. The largest absolute Gasteiger partial charge is 0.444 e. The van der Waals surface area contributed by atoms with E-state index < -0.39 is 13.7 Å². The third-order valence-corrected chi connectivity index (χ3v) is 9.81. The SMILES string of the molecule is CC(C)(C)OC(=O)N1CCC(c2ccc(CC(=O)c3nc(Cl)n(COCC[Si](C)(C)C)n3)c(C3=CCCCC3)c2)CC1. The molecule has 1 fully saturated rings. The van der Waals surface area contributed by atoms with Crippen molar-refractivity contribution < 1.29 is 19.1 Å². The van der Waals surface area contributed by atoms with Gasteiger partial charge in [0.2, 0.25) is 16.9 Å². The molecule has 0 radical (unpaired) electrons. The Bertz CT molecular complexity index is 1290. The summed E-state index contributed by atoms with van der Waals surface area (Å²) >= 11 is 6.31. The number of amides is 1. The van der Waals surface area contributed by atoms with Gasteiger partial charge in [-0.1, -0.05) is 43.9 Å². The normalized spacial score (nSPS) is 16.8. The first kappa shape index (κ1) is 32.4. The van der Waals surface area contributed by atoms with Crippen LogP contribution in [-0.4, -0.2) is 64.9 Å². The minimum atomic E-state index is -1.20. The molecule has 1 amide bonds. The van der Waals surface area contributed by atoms with Crippen LogP contribution in [0.4, 0.5) is 4.79 Å². The topological polar surface area (TPSA) is 86.6 Å². The van der Waals surface area contributed by atoms with E-state index in [1.165, 1.54) is 22.2 Å². The molecule has 1 aliphatic carbocycles. The highest BCUT2D eigenvalue weighted by molar-refractivity contribution is 6.76. The van der Waals surface area contributed by atoms with Crippen LogP contribution in [0.2, 0.25) is 31.0 Å².